The average Bonchev–Trinajstić information content (AvgIpc) is 3.30. The predicted molar refractivity (Wildman–Crippen MR) is 168 cm³/mol. The maximum Gasteiger partial charge on any atom is 0.315 e. The topological polar surface area (TPSA) is 94.7 Å². The number of aromatic nitrogens is 4. The van der Waals surface area contributed by atoms with E-state index in [2.05, 4.69) is 26.9 Å². The van der Waals surface area contributed by atoms with Gasteiger partial charge in [-0.1, -0.05) is 75.9 Å². The molecule has 0 aliphatic heterocycles. The molecule has 0 aliphatic rings. The van der Waals surface area contributed by atoms with E-state index in [1.807, 2.05) is 30.5 Å². The molecule has 2 rings (SSSR count). The normalized spacial score (nSPS) is 15.1. The molecule has 0 bridgehead atoms. The highest BCUT2D eigenvalue weighted by Crippen LogP contribution is 2.52. The Morgan fingerprint density at radius 3 is 2.44 bits per heavy atom. The van der Waals surface area contributed by atoms with Gasteiger partial charge in [0.05, 0.1) is 31.9 Å². The van der Waals surface area contributed by atoms with Gasteiger partial charge in [-0.3, -0.25) is 4.57 Å². The van der Waals surface area contributed by atoms with Crippen LogP contribution in [-0.2, 0) is 41.0 Å². The van der Waals surface area contributed by atoms with E-state index < -0.39 is 6.72 Å². The number of hydrogen-bond donors (Lipinski definition) is 0. The fraction of sp³-hybridized carbons (Fsp3) is 0.769. The quantitative estimate of drug-likeness (QED) is 0.0610. The number of hydrogen-bond acceptors (Lipinski definition) is 8. The Labute approximate surface area is 246 Å². The van der Waals surface area contributed by atoms with Crippen molar-refractivity contribution >= 4 is 61.9 Å². The van der Waals surface area contributed by atoms with E-state index in [9.17, 15) is 4.57 Å². The van der Waals surface area contributed by atoms with E-state index in [1.54, 1.807) is 12.7 Å². The molecule has 0 saturated heterocycles. The van der Waals surface area contributed by atoms with Crippen LogP contribution in [0.5, 0.6) is 0 Å². The lowest BCUT2D eigenvalue weighted by atomic mass is 10.1. The third-order valence-electron chi connectivity index (χ3n) is 6.08. The third kappa shape index (κ3) is 14.5. The van der Waals surface area contributed by atoms with Crippen molar-refractivity contribution in [1.82, 2.24) is 24.4 Å². The summed E-state index contributed by atoms with van der Waals surface area (Å²) < 4.78 is 25.8. The summed E-state index contributed by atoms with van der Waals surface area (Å²) in [6, 6.07) is 0. The molecule has 0 aromatic carbocycles. The maximum absolute atomic E-state index is 12.7. The molecule has 0 N–H and O–H groups in total. The van der Waals surface area contributed by atoms with E-state index in [0.29, 0.717) is 35.9 Å². The molecule has 2 unspecified atom stereocenters. The second-order valence-corrected chi connectivity index (χ2v) is 16.4. The fourth-order valence-corrected chi connectivity index (χ4v) is 6.90. The molecular formula is C26H46ClN6O3PS2. The van der Waals surface area contributed by atoms with Crippen LogP contribution in [-0.4, -0.2) is 75.4 Å². The van der Waals surface area contributed by atoms with Gasteiger partial charge < -0.3 is 18.7 Å². The van der Waals surface area contributed by atoms with Crippen molar-refractivity contribution in [2.75, 3.05) is 38.6 Å². The summed E-state index contributed by atoms with van der Waals surface area (Å²) >= 11 is 11.7. The highest BCUT2D eigenvalue weighted by molar-refractivity contribution is 8.28. The van der Waals surface area contributed by atoms with Gasteiger partial charge in [0.1, 0.15) is 12.7 Å². The number of fused-ring (bicyclic) bond motifs is 1. The Kier molecular flexibility index (Phi) is 16.9. The van der Waals surface area contributed by atoms with Crippen molar-refractivity contribution in [3.8, 4) is 0 Å². The highest BCUT2D eigenvalue weighted by atomic mass is 35.7. The molecule has 0 amide bonds. The van der Waals surface area contributed by atoms with Gasteiger partial charge in [0, 0.05) is 19.8 Å². The summed E-state index contributed by atoms with van der Waals surface area (Å²) in [6.45, 7) is 1.49. The highest BCUT2D eigenvalue weighted by Gasteiger charge is 2.22. The molecule has 9 nitrogen and oxygen atoms in total. The first-order valence-corrected chi connectivity index (χ1v) is 19.2. The van der Waals surface area contributed by atoms with Gasteiger partial charge in [0.25, 0.3) is 0 Å². The Hall–Kier alpha value is -0.970. The number of rotatable bonds is 22. The van der Waals surface area contributed by atoms with Crippen LogP contribution in [0.25, 0.3) is 11.2 Å². The zero-order chi connectivity index (χ0) is 28.5. The fourth-order valence-electron chi connectivity index (χ4n) is 3.97. The zero-order valence-electron chi connectivity index (χ0n) is 24.0. The lowest BCUT2D eigenvalue weighted by Gasteiger charge is -2.17. The maximum atomic E-state index is 12.7. The zero-order valence-corrected chi connectivity index (χ0v) is 27.2. The summed E-state index contributed by atoms with van der Waals surface area (Å²) in [7, 11) is 3.60. The molecule has 13 heteroatoms. The predicted octanol–water partition coefficient (Wildman–Crippen LogP) is 6.86. The van der Waals surface area contributed by atoms with E-state index in [0.717, 1.165) is 12.2 Å². The van der Waals surface area contributed by atoms with Crippen LogP contribution >= 0.6 is 18.0 Å². The molecule has 0 spiro atoms. The lowest BCUT2D eigenvalue weighted by molar-refractivity contribution is 0.0817. The molecule has 0 saturated carbocycles. The first-order valence-electron chi connectivity index (χ1n) is 14.0. The molecular weight excluding hydrogens is 575 g/mol. The monoisotopic (exact) mass is 620 g/mol. The van der Waals surface area contributed by atoms with Crippen LogP contribution in [0.2, 0.25) is 0 Å². The first kappa shape index (κ1) is 34.2. The van der Waals surface area contributed by atoms with Crippen LogP contribution in [0.15, 0.2) is 17.6 Å². The molecule has 39 heavy (non-hydrogen) atoms. The van der Waals surface area contributed by atoms with Gasteiger partial charge in [-0.05, 0) is 30.3 Å². The molecule has 0 radical (unpaired) electrons. The van der Waals surface area contributed by atoms with Crippen molar-refractivity contribution in [3.05, 3.63) is 12.7 Å². The van der Waals surface area contributed by atoms with Gasteiger partial charge in [-0.25, -0.2) is 19.9 Å². The van der Waals surface area contributed by atoms with Gasteiger partial charge in [-0.2, -0.15) is 0 Å². The third-order valence-corrected chi connectivity index (χ3v) is 10.1. The second kappa shape index (κ2) is 19.2. The van der Waals surface area contributed by atoms with Crippen molar-refractivity contribution in [1.29, 1.82) is 0 Å². The number of halogens is 1. The molecule has 0 fully saturated rings. The number of imidazole rings is 1. The van der Waals surface area contributed by atoms with Crippen molar-refractivity contribution < 1.29 is 13.8 Å². The summed E-state index contributed by atoms with van der Waals surface area (Å²) in [4.78, 5) is 19.1. The number of ether oxygens (including phenoxy) is 1. The van der Waals surface area contributed by atoms with E-state index in [1.165, 1.54) is 64.1 Å². The van der Waals surface area contributed by atoms with Gasteiger partial charge in [0.15, 0.2) is 17.0 Å². The van der Waals surface area contributed by atoms with Gasteiger partial charge >= 0.3 is 6.72 Å². The van der Waals surface area contributed by atoms with Crippen LogP contribution in [0.3, 0.4) is 0 Å². The minimum absolute atomic E-state index is 0.167. The largest absolute Gasteiger partial charge is 0.369 e. The Morgan fingerprint density at radius 2 is 1.77 bits per heavy atom. The lowest BCUT2D eigenvalue weighted by Crippen LogP contribution is -2.17. The van der Waals surface area contributed by atoms with Crippen molar-refractivity contribution in [3.63, 3.8) is 0 Å². The van der Waals surface area contributed by atoms with Crippen molar-refractivity contribution in [2.24, 2.45) is 4.99 Å². The van der Waals surface area contributed by atoms with Crippen LogP contribution in [0, 0.1) is 0 Å². The van der Waals surface area contributed by atoms with Gasteiger partial charge in [0.2, 0.25) is 0 Å². The van der Waals surface area contributed by atoms with Gasteiger partial charge in [-0.15, -0.1) is 9.45 Å². The summed E-state index contributed by atoms with van der Waals surface area (Å²) in [5.74, 6) is 2.20. The van der Waals surface area contributed by atoms with Crippen LogP contribution in [0.1, 0.15) is 78.1 Å². The van der Waals surface area contributed by atoms with E-state index >= 15 is 0 Å². The average molecular weight is 621 g/mol. The molecule has 2 aromatic heterocycles. The minimum atomic E-state index is -3.39. The minimum Gasteiger partial charge on any atom is -0.369 e. The summed E-state index contributed by atoms with van der Waals surface area (Å²) in [5.41, 5.74) is 1.25. The molecule has 2 heterocycles. The summed E-state index contributed by atoms with van der Waals surface area (Å²) in [5, 5.41) is 0. The van der Waals surface area contributed by atoms with E-state index in [4.69, 9.17) is 31.7 Å². The number of aliphatic imine (C=N–C) groups is 1. The summed E-state index contributed by atoms with van der Waals surface area (Å²) in [6.07, 6.45) is 17.5. The van der Waals surface area contributed by atoms with E-state index in [-0.39, 0.29) is 21.9 Å². The standard InChI is InChI=1S/C26H46ClN6O3PS2/c1-5-6-7-8-9-10-11-12-13-14-16-39(38)17-15-36-37(27,34)22-35-23(2)18-33-21-30-24-25(31-20-32(3)4)28-19-29-26(24)33/h19-21,23H,5-18,22H2,1-4H3/b31-20-/t23-,37?,39?/m1/s1. The second-order valence-electron chi connectivity index (χ2n) is 10.0. The Morgan fingerprint density at radius 1 is 1.10 bits per heavy atom. The van der Waals surface area contributed by atoms with Crippen molar-refractivity contribution in [2.45, 2.75) is 90.7 Å². The number of unbranched alkanes of at least 4 members (excludes halogenated alkanes) is 9. The van der Waals surface area contributed by atoms with Crippen LogP contribution < -0.4 is 0 Å². The first-order chi connectivity index (χ1) is 18.7. The number of nitrogens with zero attached hydrogens (tertiary/aromatic N) is 6. The molecule has 0 aliphatic carbocycles. The molecule has 2 aromatic rings. The Bertz CT molecular complexity index is 1070. The smallest absolute Gasteiger partial charge is 0.315 e. The van der Waals surface area contributed by atoms with Crippen LogP contribution in [0.4, 0.5) is 5.82 Å². The molecule has 3 atom stereocenters. The SMILES string of the molecule is CCCCCCCCCCCCS(=S)CCOP(=O)(Cl)CO[C@H](C)Cn1cnc2c(/N=C\N(C)C)ncnc21. The molecule has 222 valence electrons. The Balaban J connectivity index is 1.62.